The number of imidazole rings is 1. The smallest absolute Gasteiger partial charge is 0.224 e. The maximum Gasteiger partial charge on any atom is 0.224 e. The van der Waals surface area contributed by atoms with Crippen LogP contribution in [-0.4, -0.2) is 20.9 Å². The normalized spacial score (nSPS) is 12.1. The quantitative estimate of drug-likeness (QED) is 0.715. The molecule has 0 fully saturated rings. The van der Waals surface area contributed by atoms with Crippen molar-refractivity contribution in [3.8, 4) is 0 Å². The summed E-state index contributed by atoms with van der Waals surface area (Å²) < 4.78 is 0. The first-order valence-corrected chi connectivity index (χ1v) is 8.79. The Labute approximate surface area is 145 Å². The lowest BCUT2D eigenvalue weighted by molar-refractivity contribution is -0.116. The van der Waals surface area contributed by atoms with E-state index in [-0.39, 0.29) is 11.8 Å². The van der Waals surface area contributed by atoms with Gasteiger partial charge in [0.2, 0.25) is 5.91 Å². The molecule has 1 amide bonds. The number of carbonyl (C=O) groups excluding carboxylic acids is 1. The summed E-state index contributed by atoms with van der Waals surface area (Å²) in [7, 11) is 0. The molecule has 0 unspecified atom stereocenters. The minimum atomic E-state index is 0.00964. The number of aryl methyl sites for hydroxylation is 2. The fourth-order valence-electron chi connectivity index (χ4n) is 2.65. The van der Waals surface area contributed by atoms with E-state index in [4.69, 9.17) is 0 Å². The van der Waals surface area contributed by atoms with Crippen molar-refractivity contribution in [2.75, 3.05) is 5.32 Å². The topological polar surface area (TPSA) is 70.7 Å². The van der Waals surface area contributed by atoms with Gasteiger partial charge in [-0.3, -0.25) is 4.79 Å². The second-order valence-corrected chi connectivity index (χ2v) is 6.70. The number of anilines is 1. The van der Waals surface area contributed by atoms with E-state index in [0.29, 0.717) is 12.8 Å². The molecular formula is C18H20N4OS. The van der Waals surface area contributed by atoms with E-state index < -0.39 is 0 Å². The van der Waals surface area contributed by atoms with Crippen LogP contribution in [0.2, 0.25) is 0 Å². The summed E-state index contributed by atoms with van der Waals surface area (Å²) in [5.41, 5.74) is 4.14. The van der Waals surface area contributed by atoms with Crippen LogP contribution >= 0.6 is 11.3 Å². The molecule has 2 heterocycles. The molecular weight excluding hydrogens is 320 g/mol. The average Bonchev–Trinajstić information content (AvgIpc) is 3.24. The maximum absolute atomic E-state index is 12.0. The highest BCUT2D eigenvalue weighted by Gasteiger charge is 2.13. The number of thiazole rings is 1. The molecule has 0 aliphatic rings. The summed E-state index contributed by atoms with van der Waals surface area (Å²) in [6.07, 6.45) is 4.61. The lowest BCUT2D eigenvalue weighted by atomic mass is 9.96. The second kappa shape index (κ2) is 7.40. The molecule has 24 heavy (non-hydrogen) atoms. The van der Waals surface area contributed by atoms with Crippen LogP contribution in [0.15, 0.2) is 42.2 Å². The Kier molecular flexibility index (Phi) is 5.05. The zero-order chi connectivity index (χ0) is 16.9. The summed E-state index contributed by atoms with van der Waals surface area (Å²) in [6.45, 7) is 4.14. The second-order valence-electron chi connectivity index (χ2n) is 5.72. The standard InChI is InChI=1S/C18H20N4OS/c1-12(18-13(2)20-11-21-18)14-3-5-15(6-4-14)22-16(23)7-8-17-19-9-10-24-17/h3-6,9-12H,7-8H2,1-2H3,(H,20,21)(H,22,23)/t12-/m1/s1. The Hall–Kier alpha value is -2.47. The Balaban J connectivity index is 1.58. The number of carbonyl (C=O) groups is 1. The highest BCUT2D eigenvalue weighted by molar-refractivity contribution is 7.09. The Morgan fingerprint density at radius 2 is 2.08 bits per heavy atom. The van der Waals surface area contributed by atoms with E-state index >= 15 is 0 Å². The number of hydrogen-bond donors (Lipinski definition) is 2. The van der Waals surface area contributed by atoms with Gasteiger partial charge < -0.3 is 10.3 Å². The molecule has 0 saturated carbocycles. The van der Waals surface area contributed by atoms with Gasteiger partial charge in [0.25, 0.3) is 0 Å². The van der Waals surface area contributed by atoms with Gasteiger partial charge in [0.05, 0.1) is 17.0 Å². The fraction of sp³-hybridized carbons (Fsp3) is 0.278. The summed E-state index contributed by atoms with van der Waals surface area (Å²) in [6, 6.07) is 7.97. The molecule has 2 N–H and O–H groups in total. The monoisotopic (exact) mass is 340 g/mol. The third-order valence-corrected chi connectivity index (χ3v) is 4.88. The lowest BCUT2D eigenvalue weighted by Crippen LogP contribution is -2.12. The van der Waals surface area contributed by atoms with E-state index in [2.05, 4.69) is 27.2 Å². The van der Waals surface area contributed by atoms with Gasteiger partial charge in [0.1, 0.15) is 0 Å². The fourth-order valence-corrected chi connectivity index (χ4v) is 3.27. The zero-order valence-electron chi connectivity index (χ0n) is 13.7. The molecule has 0 bridgehead atoms. The van der Waals surface area contributed by atoms with Crippen LogP contribution in [0.1, 0.15) is 41.2 Å². The molecule has 3 rings (SSSR count). The van der Waals surface area contributed by atoms with Gasteiger partial charge in [-0.05, 0) is 24.6 Å². The number of aromatic amines is 1. The van der Waals surface area contributed by atoms with Gasteiger partial charge >= 0.3 is 0 Å². The molecule has 0 radical (unpaired) electrons. The Morgan fingerprint density at radius 3 is 2.71 bits per heavy atom. The molecule has 0 aliphatic carbocycles. The van der Waals surface area contributed by atoms with Gasteiger partial charge in [-0.1, -0.05) is 19.1 Å². The molecule has 0 spiro atoms. The highest BCUT2D eigenvalue weighted by atomic mass is 32.1. The largest absolute Gasteiger partial charge is 0.348 e. The summed E-state index contributed by atoms with van der Waals surface area (Å²) in [5, 5.41) is 5.85. The summed E-state index contributed by atoms with van der Waals surface area (Å²) >= 11 is 1.58. The van der Waals surface area contributed by atoms with Crippen molar-refractivity contribution in [1.29, 1.82) is 0 Å². The SMILES string of the molecule is Cc1nc[nH]c1[C@H](C)c1ccc(NC(=O)CCc2nccs2)cc1. The van der Waals surface area contributed by atoms with E-state index in [1.807, 2.05) is 36.6 Å². The number of nitrogens with one attached hydrogen (secondary N) is 2. The molecule has 124 valence electrons. The molecule has 3 aromatic rings. The first kappa shape index (κ1) is 16.4. The van der Waals surface area contributed by atoms with Crippen molar-refractivity contribution >= 4 is 22.9 Å². The Bertz CT molecular complexity index is 793. The number of benzene rings is 1. The van der Waals surface area contributed by atoms with Gasteiger partial charge in [-0.2, -0.15) is 0 Å². The van der Waals surface area contributed by atoms with Gasteiger partial charge in [-0.15, -0.1) is 11.3 Å². The molecule has 0 saturated heterocycles. The molecule has 0 aliphatic heterocycles. The molecule has 6 heteroatoms. The first-order chi connectivity index (χ1) is 11.6. The molecule has 1 aromatic carbocycles. The first-order valence-electron chi connectivity index (χ1n) is 7.91. The number of rotatable bonds is 6. The summed E-state index contributed by atoms with van der Waals surface area (Å²) in [5.74, 6) is 0.248. The van der Waals surface area contributed by atoms with Gasteiger partial charge in [0, 0.05) is 41.7 Å². The lowest BCUT2D eigenvalue weighted by Gasteiger charge is -2.12. The third-order valence-electron chi connectivity index (χ3n) is 4.04. The zero-order valence-corrected chi connectivity index (χ0v) is 14.6. The summed E-state index contributed by atoms with van der Waals surface area (Å²) in [4.78, 5) is 23.6. The number of H-pyrrole nitrogens is 1. The van der Waals surface area contributed by atoms with E-state index in [1.165, 1.54) is 5.56 Å². The van der Waals surface area contributed by atoms with Crippen LogP contribution in [0.25, 0.3) is 0 Å². The molecule has 2 aromatic heterocycles. The van der Waals surface area contributed by atoms with E-state index in [9.17, 15) is 4.79 Å². The number of hydrogen-bond acceptors (Lipinski definition) is 4. The van der Waals surface area contributed by atoms with Crippen LogP contribution in [0.5, 0.6) is 0 Å². The van der Waals surface area contributed by atoms with Gasteiger partial charge in [-0.25, -0.2) is 9.97 Å². The van der Waals surface area contributed by atoms with Crippen LogP contribution in [-0.2, 0) is 11.2 Å². The van der Waals surface area contributed by atoms with Crippen LogP contribution < -0.4 is 5.32 Å². The maximum atomic E-state index is 12.0. The van der Waals surface area contributed by atoms with Crippen molar-refractivity contribution in [2.24, 2.45) is 0 Å². The van der Waals surface area contributed by atoms with Crippen molar-refractivity contribution in [3.63, 3.8) is 0 Å². The van der Waals surface area contributed by atoms with Crippen molar-refractivity contribution in [2.45, 2.75) is 32.6 Å². The average molecular weight is 340 g/mol. The van der Waals surface area contributed by atoms with E-state index in [1.54, 1.807) is 23.9 Å². The van der Waals surface area contributed by atoms with Crippen molar-refractivity contribution in [1.82, 2.24) is 15.0 Å². The molecule has 5 nitrogen and oxygen atoms in total. The minimum absolute atomic E-state index is 0.00964. The Morgan fingerprint density at radius 1 is 1.29 bits per heavy atom. The number of aromatic nitrogens is 3. The number of amides is 1. The predicted molar refractivity (Wildman–Crippen MR) is 96.3 cm³/mol. The minimum Gasteiger partial charge on any atom is -0.348 e. The molecule has 1 atom stereocenters. The van der Waals surface area contributed by atoms with Crippen LogP contribution in [0, 0.1) is 6.92 Å². The third kappa shape index (κ3) is 3.89. The van der Waals surface area contributed by atoms with Gasteiger partial charge in [0.15, 0.2) is 0 Å². The van der Waals surface area contributed by atoms with Crippen LogP contribution in [0.4, 0.5) is 5.69 Å². The predicted octanol–water partition coefficient (Wildman–Crippen LogP) is 3.90. The number of nitrogens with zero attached hydrogens (tertiary/aromatic N) is 2. The van der Waals surface area contributed by atoms with Crippen LogP contribution in [0.3, 0.4) is 0 Å². The van der Waals surface area contributed by atoms with Crippen molar-refractivity contribution in [3.05, 3.63) is 64.1 Å². The highest BCUT2D eigenvalue weighted by Crippen LogP contribution is 2.25. The van der Waals surface area contributed by atoms with Crippen molar-refractivity contribution < 1.29 is 4.79 Å². The van der Waals surface area contributed by atoms with E-state index in [0.717, 1.165) is 22.1 Å².